The third-order valence-corrected chi connectivity index (χ3v) is 7.23. The molecule has 0 aliphatic carbocycles. The Morgan fingerprint density at radius 1 is 1.07 bits per heavy atom. The number of ether oxygens (including phenoxy) is 2. The molecule has 1 amide bonds. The summed E-state index contributed by atoms with van der Waals surface area (Å²) in [6, 6.07) is 10.7. The van der Waals surface area contributed by atoms with Gasteiger partial charge in [-0.05, 0) is 44.3 Å². The van der Waals surface area contributed by atoms with Gasteiger partial charge in [-0.15, -0.1) is 0 Å². The number of carbonyl (C=O) groups is 1. The molecular formula is C30H32Cl2N6O4. The number of aromatic nitrogens is 3. The maximum Gasteiger partial charge on any atom is 0.260 e. The molecule has 220 valence electrons. The summed E-state index contributed by atoms with van der Waals surface area (Å²) in [6.45, 7) is 0.977. The van der Waals surface area contributed by atoms with Crippen molar-refractivity contribution in [2.45, 2.75) is 13.0 Å². The van der Waals surface area contributed by atoms with Crippen molar-refractivity contribution >= 4 is 51.8 Å². The highest BCUT2D eigenvalue weighted by Crippen LogP contribution is 2.45. The van der Waals surface area contributed by atoms with Crippen molar-refractivity contribution in [2.75, 3.05) is 52.5 Å². The Morgan fingerprint density at radius 2 is 1.74 bits per heavy atom. The number of pyridine rings is 1. The second-order valence-corrected chi connectivity index (χ2v) is 10.4. The van der Waals surface area contributed by atoms with Crippen LogP contribution in [-0.4, -0.2) is 67.2 Å². The number of nitrogens with zero attached hydrogens (tertiary/aromatic N) is 4. The first-order valence-electron chi connectivity index (χ1n) is 13.1. The normalized spacial score (nSPS) is 11.3. The van der Waals surface area contributed by atoms with Crippen molar-refractivity contribution in [3.63, 3.8) is 0 Å². The molecule has 0 saturated heterocycles. The number of anilines is 2. The van der Waals surface area contributed by atoms with Crippen molar-refractivity contribution in [1.29, 1.82) is 0 Å². The fraction of sp³-hybridized carbons (Fsp3) is 0.267. The van der Waals surface area contributed by atoms with Gasteiger partial charge in [-0.3, -0.25) is 14.2 Å². The van der Waals surface area contributed by atoms with Gasteiger partial charge in [0.15, 0.2) is 0 Å². The van der Waals surface area contributed by atoms with Crippen LogP contribution in [0.1, 0.15) is 5.56 Å². The molecule has 0 spiro atoms. The van der Waals surface area contributed by atoms with Gasteiger partial charge >= 0.3 is 0 Å². The van der Waals surface area contributed by atoms with Gasteiger partial charge in [-0.1, -0.05) is 41.4 Å². The molecule has 2 aromatic carbocycles. The SMILES string of the molecule is CNc1ncc2cc(-c3c(Cl)c(OC)cc(OC)c3Cl)c(=O)n(CCc3ccc(NC(=O)/C=C/CN(C)C)cc3)c2n1. The van der Waals surface area contributed by atoms with Crippen molar-refractivity contribution in [3.05, 3.63) is 80.7 Å². The number of amides is 1. The van der Waals surface area contributed by atoms with E-state index in [1.807, 2.05) is 43.3 Å². The third-order valence-electron chi connectivity index (χ3n) is 6.48. The Labute approximate surface area is 253 Å². The summed E-state index contributed by atoms with van der Waals surface area (Å²) in [5.41, 5.74) is 2.31. The van der Waals surface area contributed by atoms with Crippen molar-refractivity contribution in [1.82, 2.24) is 19.4 Å². The quantitative estimate of drug-likeness (QED) is 0.225. The second kappa shape index (κ2) is 13.7. The Kier molecular flexibility index (Phi) is 10.1. The summed E-state index contributed by atoms with van der Waals surface area (Å²) in [5.74, 6) is 0.815. The lowest BCUT2D eigenvalue weighted by molar-refractivity contribution is -0.111. The molecule has 0 atom stereocenters. The molecule has 2 heterocycles. The van der Waals surface area contributed by atoms with Gasteiger partial charge in [0.05, 0.1) is 29.8 Å². The first-order valence-corrected chi connectivity index (χ1v) is 13.8. The van der Waals surface area contributed by atoms with E-state index >= 15 is 0 Å². The Morgan fingerprint density at radius 3 is 2.33 bits per heavy atom. The predicted octanol–water partition coefficient (Wildman–Crippen LogP) is 5.12. The monoisotopic (exact) mass is 610 g/mol. The number of hydrogen-bond acceptors (Lipinski definition) is 8. The van der Waals surface area contributed by atoms with Crippen LogP contribution in [0, 0.1) is 0 Å². The van der Waals surface area contributed by atoms with E-state index in [1.165, 1.54) is 20.3 Å². The second-order valence-electron chi connectivity index (χ2n) is 9.62. The molecule has 0 aliphatic heterocycles. The molecule has 0 bridgehead atoms. The average molecular weight is 612 g/mol. The lowest BCUT2D eigenvalue weighted by Crippen LogP contribution is -2.24. The van der Waals surface area contributed by atoms with Crippen molar-refractivity contribution in [2.24, 2.45) is 0 Å². The van der Waals surface area contributed by atoms with Crippen molar-refractivity contribution < 1.29 is 14.3 Å². The molecule has 2 N–H and O–H groups in total. The standard InChI is InChI=1S/C30H32Cl2N6O4/c1-33-30-34-17-19-15-21(25-26(31)22(41-4)16-23(42-5)27(25)32)29(40)38(28(19)36-30)14-12-18-8-10-20(11-9-18)35-24(39)7-6-13-37(2)3/h6-11,15-17H,12-14H2,1-5H3,(H,35,39)(H,33,34,36)/b7-6+. The van der Waals surface area contributed by atoms with E-state index < -0.39 is 0 Å². The summed E-state index contributed by atoms with van der Waals surface area (Å²) in [4.78, 5) is 37.1. The maximum atomic E-state index is 14.0. The third kappa shape index (κ3) is 6.84. The van der Waals surface area contributed by atoms with E-state index in [9.17, 15) is 9.59 Å². The van der Waals surface area contributed by atoms with Crippen LogP contribution < -0.4 is 25.7 Å². The lowest BCUT2D eigenvalue weighted by Gasteiger charge is -2.17. The summed E-state index contributed by atoms with van der Waals surface area (Å²) in [7, 11) is 8.52. The first-order chi connectivity index (χ1) is 20.2. The molecule has 10 nitrogen and oxygen atoms in total. The molecule has 4 aromatic rings. The van der Waals surface area contributed by atoms with E-state index in [1.54, 1.807) is 36.0 Å². The molecule has 0 unspecified atom stereocenters. The average Bonchev–Trinajstić information content (AvgIpc) is 2.97. The summed E-state index contributed by atoms with van der Waals surface area (Å²) < 4.78 is 12.4. The van der Waals surface area contributed by atoms with Crippen molar-refractivity contribution in [3.8, 4) is 22.6 Å². The number of fused-ring (bicyclic) bond motifs is 1. The molecule has 4 rings (SSSR count). The topological polar surface area (TPSA) is 111 Å². The smallest absolute Gasteiger partial charge is 0.260 e. The maximum absolute atomic E-state index is 14.0. The van der Waals surface area contributed by atoms with Crippen LogP contribution in [0.25, 0.3) is 22.2 Å². The van der Waals surface area contributed by atoms with Gasteiger partial charge in [-0.25, -0.2) is 4.98 Å². The van der Waals surface area contributed by atoms with E-state index in [0.29, 0.717) is 59.2 Å². The summed E-state index contributed by atoms with van der Waals surface area (Å²) >= 11 is 13.4. The Balaban J connectivity index is 1.70. The molecule has 0 fully saturated rings. The molecule has 2 aromatic heterocycles. The number of methoxy groups -OCH3 is 2. The lowest BCUT2D eigenvalue weighted by atomic mass is 10.0. The number of rotatable bonds is 11. The van der Waals surface area contributed by atoms with Crippen LogP contribution in [0.5, 0.6) is 11.5 Å². The molecule has 0 saturated carbocycles. The molecular weight excluding hydrogens is 579 g/mol. The first kappa shape index (κ1) is 30.8. The molecule has 42 heavy (non-hydrogen) atoms. The zero-order chi connectivity index (χ0) is 30.4. The van der Waals surface area contributed by atoms with E-state index in [-0.39, 0.29) is 27.1 Å². The van der Waals surface area contributed by atoms with Crippen LogP contribution in [0.15, 0.2) is 59.5 Å². The van der Waals surface area contributed by atoms with Gasteiger partial charge in [0.2, 0.25) is 11.9 Å². The van der Waals surface area contributed by atoms with Crippen LogP contribution in [0.3, 0.4) is 0 Å². The van der Waals surface area contributed by atoms with Crippen LogP contribution in [0.2, 0.25) is 10.0 Å². The zero-order valence-electron chi connectivity index (χ0n) is 24.0. The number of likely N-dealkylation sites (N-methyl/N-ethyl adjacent to an activating group) is 1. The highest BCUT2D eigenvalue weighted by atomic mass is 35.5. The van der Waals surface area contributed by atoms with Crippen LogP contribution >= 0.6 is 23.2 Å². The number of halogens is 2. The summed E-state index contributed by atoms with van der Waals surface area (Å²) in [5, 5.41) is 6.77. The highest BCUT2D eigenvalue weighted by Gasteiger charge is 2.23. The van der Waals surface area contributed by atoms with E-state index in [0.717, 1.165) is 5.56 Å². The minimum Gasteiger partial charge on any atom is -0.495 e. The van der Waals surface area contributed by atoms with E-state index in [2.05, 4.69) is 20.6 Å². The summed E-state index contributed by atoms with van der Waals surface area (Å²) in [6.07, 6.45) is 5.45. The largest absolute Gasteiger partial charge is 0.495 e. The Bertz CT molecular complexity index is 1660. The minimum absolute atomic E-state index is 0.188. The fourth-order valence-corrected chi connectivity index (χ4v) is 5.04. The fourth-order valence-electron chi connectivity index (χ4n) is 4.34. The van der Waals surface area contributed by atoms with Crippen LogP contribution in [-0.2, 0) is 17.8 Å². The molecule has 0 radical (unpaired) electrons. The van der Waals surface area contributed by atoms with Gasteiger partial charge in [0.1, 0.15) is 17.1 Å². The van der Waals surface area contributed by atoms with Gasteiger partial charge in [0, 0.05) is 55.1 Å². The Hall–Kier alpha value is -4.12. The number of aryl methyl sites for hydroxylation is 2. The van der Waals surface area contributed by atoms with E-state index in [4.69, 9.17) is 32.7 Å². The van der Waals surface area contributed by atoms with Crippen LogP contribution in [0.4, 0.5) is 11.6 Å². The molecule has 12 heteroatoms. The number of carbonyl (C=O) groups excluding carboxylic acids is 1. The zero-order valence-corrected chi connectivity index (χ0v) is 25.5. The minimum atomic E-state index is -0.337. The van der Waals surface area contributed by atoms with Gasteiger partial charge in [0.25, 0.3) is 5.56 Å². The van der Waals surface area contributed by atoms with Gasteiger partial charge in [-0.2, -0.15) is 4.98 Å². The number of hydrogen-bond donors (Lipinski definition) is 2. The number of nitrogens with one attached hydrogen (secondary N) is 2. The predicted molar refractivity (Wildman–Crippen MR) is 168 cm³/mol. The highest BCUT2D eigenvalue weighted by molar-refractivity contribution is 6.41. The molecule has 0 aliphatic rings. The number of benzene rings is 2. The van der Waals surface area contributed by atoms with Gasteiger partial charge < -0.3 is 25.0 Å².